The molecule has 0 fully saturated rings. The molecule has 0 spiro atoms. The molecular weight excluding hydrogens is 238 g/mol. The molecular formula is C15H17N3O. The molecule has 98 valence electrons. The number of nitrogens with zero attached hydrogens (tertiary/aromatic N) is 3. The van der Waals surface area contributed by atoms with E-state index in [1.165, 1.54) is 11.1 Å². The SMILES string of the molecule is CCn1ccnc(N2CCc3ccccc3C2)c1=O. The Balaban J connectivity index is 1.96. The smallest absolute Gasteiger partial charge is 0.293 e. The normalized spacial score (nSPS) is 14.3. The summed E-state index contributed by atoms with van der Waals surface area (Å²) in [7, 11) is 0. The van der Waals surface area contributed by atoms with Gasteiger partial charge in [0.1, 0.15) is 0 Å². The van der Waals surface area contributed by atoms with Crippen LogP contribution in [0.1, 0.15) is 18.1 Å². The van der Waals surface area contributed by atoms with E-state index in [4.69, 9.17) is 0 Å². The first kappa shape index (κ1) is 12.0. The number of hydrogen-bond donors (Lipinski definition) is 0. The van der Waals surface area contributed by atoms with Crippen LogP contribution in [0.3, 0.4) is 0 Å². The lowest BCUT2D eigenvalue weighted by molar-refractivity contribution is 0.675. The van der Waals surface area contributed by atoms with Crippen molar-refractivity contribution < 1.29 is 0 Å². The summed E-state index contributed by atoms with van der Waals surface area (Å²) in [4.78, 5) is 18.6. The Morgan fingerprint density at radius 3 is 2.84 bits per heavy atom. The lowest BCUT2D eigenvalue weighted by atomic mass is 10.00. The van der Waals surface area contributed by atoms with Gasteiger partial charge in [-0.05, 0) is 24.5 Å². The van der Waals surface area contributed by atoms with Crippen molar-refractivity contribution >= 4 is 5.82 Å². The molecule has 4 heteroatoms. The molecule has 0 aliphatic carbocycles. The highest BCUT2D eigenvalue weighted by Crippen LogP contribution is 2.20. The van der Waals surface area contributed by atoms with E-state index in [2.05, 4.69) is 28.1 Å². The number of fused-ring (bicyclic) bond motifs is 1. The van der Waals surface area contributed by atoms with E-state index in [-0.39, 0.29) is 5.56 Å². The zero-order chi connectivity index (χ0) is 13.2. The Kier molecular flexibility index (Phi) is 3.07. The summed E-state index contributed by atoms with van der Waals surface area (Å²) < 4.78 is 1.70. The van der Waals surface area contributed by atoms with Gasteiger partial charge in [0, 0.05) is 32.0 Å². The molecule has 0 radical (unpaired) electrons. The molecule has 1 aromatic carbocycles. The van der Waals surface area contributed by atoms with Crippen LogP contribution >= 0.6 is 0 Å². The fourth-order valence-electron chi connectivity index (χ4n) is 2.58. The van der Waals surface area contributed by atoms with Gasteiger partial charge in [-0.3, -0.25) is 4.79 Å². The third kappa shape index (κ3) is 2.14. The zero-order valence-corrected chi connectivity index (χ0v) is 11.0. The van der Waals surface area contributed by atoms with Gasteiger partial charge in [0.15, 0.2) is 5.82 Å². The van der Waals surface area contributed by atoms with Crippen molar-refractivity contribution in [3.8, 4) is 0 Å². The molecule has 3 rings (SSSR count). The first-order valence-corrected chi connectivity index (χ1v) is 6.66. The molecule has 0 saturated heterocycles. The van der Waals surface area contributed by atoms with Crippen molar-refractivity contribution in [3.63, 3.8) is 0 Å². The maximum absolute atomic E-state index is 12.3. The largest absolute Gasteiger partial charge is 0.347 e. The quantitative estimate of drug-likeness (QED) is 0.821. The van der Waals surface area contributed by atoms with E-state index in [1.807, 2.05) is 13.0 Å². The highest BCUT2D eigenvalue weighted by atomic mass is 16.1. The molecule has 1 aliphatic rings. The topological polar surface area (TPSA) is 38.1 Å². The third-order valence-corrected chi connectivity index (χ3v) is 3.67. The van der Waals surface area contributed by atoms with Gasteiger partial charge in [-0.25, -0.2) is 4.98 Å². The highest BCUT2D eigenvalue weighted by Gasteiger charge is 2.19. The summed E-state index contributed by atoms with van der Waals surface area (Å²) in [5, 5.41) is 0. The number of hydrogen-bond acceptors (Lipinski definition) is 3. The highest BCUT2D eigenvalue weighted by molar-refractivity contribution is 5.42. The Hall–Kier alpha value is -2.10. The van der Waals surface area contributed by atoms with E-state index < -0.39 is 0 Å². The van der Waals surface area contributed by atoms with Crippen molar-refractivity contribution in [1.82, 2.24) is 9.55 Å². The third-order valence-electron chi connectivity index (χ3n) is 3.67. The molecule has 0 N–H and O–H groups in total. The van der Waals surface area contributed by atoms with Crippen LogP contribution < -0.4 is 10.5 Å². The minimum Gasteiger partial charge on any atom is -0.347 e. The van der Waals surface area contributed by atoms with Crippen LogP contribution in [0.4, 0.5) is 5.82 Å². The van der Waals surface area contributed by atoms with Gasteiger partial charge in [-0.15, -0.1) is 0 Å². The van der Waals surface area contributed by atoms with Crippen LogP contribution in [0.15, 0.2) is 41.5 Å². The summed E-state index contributed by atoms with van der Waals surface area (Å²) in [6, 6.07) is 8.41. The number of aromatic nitrogens is 2. The van der Waals surface area contributed by atoms with Gasteiger partial charge in [-0.1, -0.05) is 24.3 Å². The Bertz CT molecular complexity index is 648. The lowest BCUT2D eigenvalue weighted by Gasteiger charge is -2.29. The first-order valence-electron chi connectivity index (χ1n) is 6.66. The fraction of sp³-hybridized carbons (Fsp3) is 0.333. The van der Waals surface area contributed by atoms with Gasteiger partial charge in [0.25, 0.3) is 5.56 Å². The van der Waals surface area contributed by atoms with Gasteiger partial charge in [0.2, 0.25) is 0 Å². The van der Waals surface area contributed by atoms with Crippen LogP contribution in [0.25, 0.3) is 0 Å². The Morgan fingerprint density at radius 2 is 2.05 bits per heavy atom. The van der Waals surface area contributed by atoms with Crippen LogP contribution in [-0.4, -0.2) is 16.1 Å². The van der Waals surface area contributed by atoms with Crippen LogP contribution in [0.5, 0.6) is 0 Å². The number of rotatable bonds is 2. The van der Waals surface area contributed by atoms with Crippen molar-refractivity contribution in [2.75, 3.05) is 11.4 Å². The van der Waals surface area contributed by atoms with Crippen molar-refractivity contribution in [2.24, 2.45) is 0 Å². The average Bonchev–Trinajstić information content (AvgIpc) is 2.47. The van der Waals surface area contributed by atoms with Gasteiger partial charge in [0.05, 0.1) is 0 Å². The molecule has 2 heterocycles. The van der Waals surface area contributed by atoms with Crippen LogP contribution in [0, 0.1) is 0 Å². The molecule has 19 heavy (non-hydrogen) atoms. The maximum atomic E-state index is 12.3. The summed E-state index contributed by atoms with van der Waals surface area (Å²) in [6.45, 7) is 4.27. The van der Waals surface area contributed by atoms with E-state index in [9.17, 15) is 4.79 Å². The van der Waals surface area contributed by atoms with Crippen LogP contribution in [-0.2, 0) is 19.5 Å². The second-order valence-electron chi connectivity index (χ2n) is 4.78. The maximum Gasteiger partial charge on any atom is 0.293 e. The van der Waals surface area contributed by atoms with Crippen molar-refractivity contribution in [2.45, 2.75) is 26.4 Å². The molecule has 1 aliphatic heterocycles. The molecule has 4 nitrogen and oxygen atoms in total. The fourth-order valence-corrected chi connectivity index (χ4v) is 2.58. The second-order valence-corrected chi connectivity index (χ2v) is 4.78. The number of aryl methyl sites for hydroxylation is 1. The molecule has 0 bridgehead atoms. The van der Waals surface area contributed by atoms with Crippen LogP contribution in [0.2, 0.25) is 0 Å². The van der Waals surface area contributed by atoms with E-state index in [0.717, 1.165) is 19.5 Å². The first-order chi connectivity index (χ1) is 9.29. The van der Waals surface area contributed by atoms with E-state index in [0.29, 0.717) is 12.4 Å². The molecule has 0 amide bonds. The van der Waals surface area contributed by atoms with Crippen molar-refractivity contribution in [1.29, 1.82) is 0 Å². The van der Waals surface area contributed by atoms with E-state index in [1.54, 1.807) is 17.0 Å². The summed E-state index contributed by atoms with van der Waals surface area (Å²) >= 11 is 0. The zero-order valence-electron chi connectivity index (χ0n) is 11.0. The standard InChI is InChI=1S/C15H17N3O/c1-2-17-10-8-16-14(15(17)19)18-9-7-12-5-3-4-6-13(12)11-18/h3-6,8,10H,2,7,9,11H2,1H3. The minimum absolute atomic E-state index is 0.00406. The molecule has 1 aromatic heterocycles. The molecule has 0 unspecified atom stereocenters. The lowest BCUT2D eigenvalue weighted by Crippen LogP contribution is -2.36. The molecule has 0 saturated carbocycles. The summed E-state index contributed by atoms with van der Waals surface area (Å²) in [5.74, 6) is 0.568. The molecule has 0 atom stereocenters. The Morgan fingerprint density at radius 1 is 1.26 bits per heavy atom. The number of benzene rings is 1. The minimum atomic E-state index is 0.00406. The van der Waals surface area contributed by atoms with Gasteiger partial charge in [-0.2, -0.15) is 0 Å². The monoisotopic (exact) mass is 255 g/mol. The summed E-state index contributed by atoms with van der Waals surface area (Å²) in [5.41, 5.74) is 2.68. The van der Waals surface area contributed by atoms with Gasteiger partial charge >= 0.3 is 0 Å². The van der Waals surface area contributed by atoms with Crippen molar-refractivity contribution in [3.05, 3.63) is 58.1 Å². The summed E-state index contributed by atoms with van der Waals surface area (Å²) in [6.07, 6.45) is 4.42. The number of anilines is 1. The van der Waals surface area contributed by atoms with Gasteiger partial charge < -0.3 is 9.47 Å². The predicted octanol–water partition coefficient (Wildman–Crippen LogP) is 1.83. The van der Waals surface area contributed by atoms with E-state index >= 15 is 0 Å². The second kappa shape index (κ2) is 4.88. The molecule has 2 aromatic rings. The predicted molar refractivity (Wildman–Crippen MR) is 75.4 cm³/mol. The Labute approximate surface area is 112 Å². The average molecular weight is 255 g/mol.